The zero-order valence-corrected chi connectivity index (χ0v) is 8.55. The average molecular weight is 220 g/mol. The Morgan fingerprint density at radius 1 is 1.38 bits per heavy atom. The van der Waals surface area contributed by atoms with Gasteiger partial charge in [0.25, 0.3) is 0 Å². The largest absolute Gasteiger partial charge is 0.245 e. The van der Waals surface area contributed by atoms with Crippen LogP contribution in [0.2, 0.25) is 0 Å². The molecule has 0 radical (unpaired) electrons. The van der Waals surface area contributed by atoms with Crippen molar-refractivity contribution < 1.29 is 8.42 Å². The van der Waals surface area contributed by atoms with Gasteiger partial charge in [-0.05, 0) is 18.6 Å². The van der Waals surface area contributed by atoms with Crippen LogP contribution < -0.4 is 0 Å². The van der Waals surface area contributed by atoms with Gasteiger partial charge in [0.2, 0.25) is 0 Å². The summed E-state index contributed by atoms with van der Waals surface area (Å²) in [5.41, 5.74) is 0. The lowest BCUT2D eigenvalue weighted by molar-refractivity contribution is 0.591. The van der Waals surface area contributed by atoms with E-state index in [1.807, 2.05) is 0 Å². The molecular weight excluding hydrogens is 210 g/mol. The molecule has 0 amide bonds. The summed E-state index contributed by atoms with van der Waals surface area (Å²) in [5, 5.41) is 0.125. The molecule has 1 heterocycles. The summed E-state index contributed by atoms with van der Waals surface area (Å²) < 4.78 is 22.9. The van der Waals surface area contributed by atoms with Gasteiger partial charge in [-0.3, -0.25) is 0 Å². The first-order valence-electron chi connectivity index (χ1n) is 3.86. The second kappa shape index (κ2) is 4.58. The Morgan fingerprint density at radius 2 is 2.15 bits per heavy atom. The number of alkyl halides is 1. The predicted octanol–water partition coefficient (Wildman–Crippen LogP) is 1.48. The maximum Gasteiger partial charge on any atom is 0.195 e. The van der Waals surface area contributed by atoms with Gasteiger partial charge in [-0.2, -0.15) is 0 Å². The van der Waals surface area contributed by atoms with Crippen molar-refractivity contribution >= 4 is 21.4 Å². The van der Waals surface area contributed by atoms with Crippen LogP contribution in [0.5, 0.6) is 0 Å². The normalized spacial score (nSPS) is 11.5. The van der Waals surface area contributed by atoms with Crippen molar-refractivity contribution in [2.45, 2.75) is 11.4 Å². The number of pyridine rings is 1. The van der Waals surface area contributed by atoms with Crippen molar-refractivity contribution in [3.05, 3.63) is 24.4 Å². The smallest absolute Gasteiger partial charge is 0.195 e. The fourth-order valence-corrected chi connectivity index (χ4v) is 2.41. The van der Waals surface area contributed by atoms with Crippen LogP contribution in [-0.2, 0) is 9.84 Å². The molecule has 0 saturated carbocycles. The lowest BCUT2D eigenvalue weighted by Gasteiger charge is -2.00. The maximum atomic E-state index is 11.5. The zero-order chi connectivity index (χ0) is 9.73. The SMILES string of the molecule is O=S(=O)(CCCCl)c1ccccn1. The average Bonchev–Trinajstić information content (AvgIpc) is 2.16. The highest BCUT2D eigenvalue weighted by atomic mass is 35.5. The molecule has 0 saturated heterocycles. The standard InChI is InChI=1S/C8H10ClNO2S/c9-5-3-7-13(11,12)8-4-1-2-6-10-8/h1-2,4,6H,3,5,7H2. The van der Waals surface area contributed by atoms with Gasteiger partial charge in [-0.1, -0.05) is 6.07 Å². The Kier molecular flexibility index (Phi) is 3.69. The zero-order valence-electron chi connectivity index (χ0n) is 6.98. The van der Waals surface area contributed by atoms with Crippen molar-refractivity contribution in [2.24, 2.45) is 0 Å². The lowest BCUT2D eigenvalue weighted by atomic mass is 10.5. The lowest BCUT2D eigenvalue weighted by Crippen LogP contribution is -2.08. The predicted molar refractivity (Wildman–Crippen MR) is 51.6 cm³/mol. The summed E-state index contributed by atoms with van der Waals surface area (Å²) in [6.07, 6.45) is 1.92. The van der Waals surface area contributed by atoms with Crippen LogP contribution in [0.3, 0.4) is 0 Å². The van der Waals surface area contributed by atoms with Crippen molar-refractivity contribution in [1.29, 1.82) is 0 Å². The van der Waals surface area contributed by atoms with E-state index in [2.05, 4.69) is 4.98 Å². The van der Waals surface area contributed by atoms with E-state index in [0.29, 0.717) is 12.3 Å². The van der Waals surface area contributed by atoms with Gasteiger partial charge in [0.1, 0.15) is 0 Å². The van der Waals surface area contributed by atoms with Gasteiger partial charge < -0.3 is 0 Å². The van der Waals surface area contributed by atoms with Crippen molar-refractivity contribution in [2.75, 3.05) is 11.6 Å². The number of nitrogens with zero attached hydrogens (tertiary/aromatic N) is 1. The minimum absolute atomic E-state index is 0.0630. The van der Waals surface area contributed by atoms with Crippen LogP contribution in [0.4, 0.5) is 0 Å². The van der Waals surface area contributed by atoms with E-state index in [9.17, 15) is 8.42 Å². The molecule has 0 atom stereocenters. The number of sulfone groups is 1. The van der Waals surface area contributed by atoms with E-state index in [1.165, 1.54) is 12.3 Å². The molecule has 72 valence electrons. The van der Waals surface area contributed by atoms with Gasteiger partial charge in [-0.25, -0.2) is 13.4 Å². The summed E-state index contributed by atoms with van der Waals surface area (Å²) in [6, 6.07) is 4.82. The highest BCUT2D eigenvalue weighted by Gasteiger charge is 2.13. The molecule has 0 bridgehead atoms. The van der Waals surface area contributed by atoms with Gasteiger partial charge >= 0.3 is 0 Å². The molecule has 3 nitrogen and oxygen atoms in total. The summed E-state index contributed by atoms with van der Waals surface area (Å²) >= 11 is 5.41. The molecule has 5 heteroatoms. The van der Waals surface area contributed by atoms with Crippen molar-refractivity contribution in [3.8, 4) is 0 Å². The number of rotatable bonds is 4. The number of halogens is 1. The number of hydrogen-bond acceptors (Lipinski definition) is 3. The second-order valence-electron chi connectivity index (χ2n) is 2.53. The Hall–Kier alpha value is -0.610. The first-order chi connectivity index (χ1) is 6.17. The molecule has 0 aliphatic rings. The molecule has 1 aromatic heterocycles. The van der Waals surface area contributed by atoms with Gasteiger partial charge in [0.15, 0.2) is 14.9 Å². The molecule has 1 aromatic rings. The first kappa shape index (κ1) is 10.5. The summed E-state index contributed by atoms with van der Waals surface area (Å²) in [4.78, 5) is 3.77. The van der Waals surface area contributed by atoms with Crippen molar-refractivity contribution in [1.82, 2.24) is 4.98 Å². The minimum Gasteiger partial charge on any atom is -0.245 e. The Bertz CT molecular complexity index is 350. The van der Waals surface area contributed by atoms with Crippen LogP contribution in [-0.4, -0.2) is 25.0 Å². The van der Waals surface area contributed by atoms with E-state index in [0.717, 1.165) is 0 Å². The molecule has 0 fully saturated rings. The first-order valence-corrected chi connectivity index (χ1v) is 6.05. The summed E-state index contributed by atoms with van der Waals surface area (Å²) in [6.45, 7) is 0. The quantitative estimate of drug-likeness (QED) is 0.721. The summed E-state index contributed by atoms with van der Waals surface area (Å²) in [5.74, 6) is 0.416. The minimum atomic E-state index is -3.22. The number of aromatic nitrogens is 1. The van der Waals surface area contributed by atoms with Crippen LogP contribution >= 0.6 is 11.6 Å². The van der Waals surface area contributed by atoms with E-state index >= 15 is 0 Å². The van der Waals surface area contributed by atoms with Crippen LogP contribution in [0.15, 0.2) is 29.4 Å². The molecular formula is C8H10ClNO2S. The fraction of sp³-hybridized carbons (Fsp3) is 0.375. The van der Waals surface area contributed by atoms with E-state index in [4.69, 9.17) is 11.6 Å². The molecule has 0 aliphatic carbocycles. The molecule has 0 aliphatic heterocycles. The van der Waals surface area contributed by atoms with E-state index in [1.54, 1.807) is 12.1 Å². The molecule has 0 unspecified atom stereocenters. The Morgan fingerprint density at radius 3 is 2.69 bits per heavy atom. The highest BCUT2D eigenvalue weighted by molar-refractivity contribution is 7.91. The van der Waals surface area contributed by atoms with E-state index < -0.39 is 9.84 Å². The third-order valence-corrected chi connectivity index (χ3v) is 3.48. The monoisotopic (exact) mass is 219 g/mol. The molecule has 0 spiro atoms. The Labute approximate surface area is 82.7 Å². The van der Waals surface area contributed by atoms with Crippen LogP contribution in [0.25, 0.3) is 0 Å². The second-order valence-corrected chi connectivity index (χ2v) is 4.96. The summed E-state index contributed by atoms with van der Waals surface area (Å²) in [7, 11) is -3.22. The third-order valence-electron chi connectivity index (χ3n) is 1.50. The maximum absolute atomic E-state index is 11.5. The van der Waals surface area contributed by atoms with E-state index in [-0.39, 0.29) is 10.8 Å². The molecule has 1 rings (SSSR count). The van der Waals surface area contributed by atoms with Gasteiger partial charge in [0, 0.05) is 12.1 Å². The highest BCUT2D eigenvalue weighted by Crippen LogP contribution is 2.07. The molecule has 0 aromatic carbocycles. The number of hydrogen-bond donors (Lipinski definition) is 0. The van der Waals surface area contributed by atoms with Crippen LogP contribution in [0.1, 0.15) is 6.42 Å². The van der Waals surface area contributed by atoms with Crippen molar-refractivity contribution in [3.63, 3.8) is 0 Å². The topological polar surface area (TPSA) is 47.0 Å². The molecule has 13 heavy (non-hydrogen) atoms. The van der Waals surface area contributed by atoms with Gasteiger partial charge in [0.05, 0.1) is 5.75 Å². The Balaban J connectivity index is 2.83. The third kappa shape index (κ3) is 2.97. The van der Waals surface area contributed by atoms with Crippen LogP contribution in [0, 0.1) is 0 Å². The molecule has 0 N–H and O–H groups in total. The fourth-order valence-electron chi connectivity index (χ4n) is 0.880. The van der Waals surface area contributed by atoms with Gasteiger partial charge in [-0.15, -0.1) is 11.6 Å².